The van der Waals surface area contributed by atoms with Gasteiger partial charge in [-0.25, -0.2) is 14.4 Å². The van der Waals surface area contributed by atoms with Crippen LogP contribution < -0.4 is 25.3 Å². The fourth-order valence-electron chi connectivity index (χ4n) is 3.28. The van der Waals surface area contributed by atoms with Crippen LogP contribution in [0.4, 0.5) is 15.9 Å². The molecule has 0 radical (unpaired) electrons. The van der Waals surface area contributed by atoms with Crippen LogP contribution in [0.5, 0.6) is 17.2 Å². The Kier molecular flexibility index (Phi) is 9.79. The van der Waals surface area contributed by atoms with Crippen molar-refractivity contribution in [2.75, 3.05) is 32.7 Å². The van der Waals surface area contributed by atoms with E-state index in [9.17, 15) is 9.18 Å². The number of nitrogens with two attached hydrogens (primary N) is 1. The first kappa shape index (κ1) is 26.7. The topological polar surface area (TPSA) is 109 Å². The molecule has 0 saturated carbocycles. The minimum atomic E-state index is -0.501. The quantitative estimate of drug-likeness (QED) is 0.227. The number of carbonyl (C=O) groups excluding carboxylic acids is 1. The van der Waals surface area contributed by atoms with E-state index in [4.69, 9.17) is 25.8 Å². The first-order valence-electron chi connectivity index (χ1n) is 11.0. The Morgan fingerprint density at radius 1 is 1.00 bits per heavy atom. The first-order chi connectivity index (χ1) is 17.6. The number of carbonyl (C=O) groups is 1. The summed E-state index contributed by atoms with van der Waals surface area (Å²) in [5, 5.41) is 3.83. The molecule has 0 fully saturated rings. The zero-order valence-corrected chi connectivity index (χ0v) is 20.6. The Morgan fingerprint density at radius 2 is 1.75 bits per heavy atom. The lowest BCUT2D eigenvalue weighted by Gasteiger charge is -2.14. The van der Waals surface area contributed by atoms with Gasteiger partial charge in [0.2, 0.25) is 0 Å². The van der Waals surface area contributed by atoms with Crippen LogP contribution in [0.3, 0.4) is 0 Å². The summed E-state index contributed by atoms with van der Waals surface area (Å²) in [7, 11) is 3.05. The molecule has 4 rings (SSSR count). The Labute approximate surface area is 213 Å². The van der Waals surface area contributed by atoms with Crippen molar-refractivity contribution in [1.82, 2.24) is 9.97 Å². The van der Waals surface area contributed by atoms with E-state index in [1.807, 2.05) is 24.3 Å². The van der Waals surface area contributed by atoms with E-state index >= 15 is 0 Å². The molecule has 8 nitrogen and oxygen atoms in total. The monoisotopic (exact) mass is 512 g/mol. The predicted molar refractivity (Wildman–Crippen MR) is 138 cm³/mol. The molecule has 10 heteroatoms. The number of aldehydes is 1. The molecule has 0 saturated heterocycles. The maximum absolute atomic E-state index is 13.5. The normalized spacial score (nSPS) is 10.2. The van der Waals surface area contributed by atoms with Crippen LogP contribution in [0.1, 0.15) is 5.56 Å². The Bertz CT molecular complexity index is 1310. The fraction of sp³-hybridized carbons (Fsp3) is 0.192. The van der Waals surface area contributed by atoms with Gasteiger partial charge in [-0.15, -0.1) is 0 Å². The lowest BCUT2D eigenvalue weighted by Crippen LogP contribution is -2.10. The highest BCUT2D eigenvalue weighted by Gasteiger charge is 2.13. The number of halogens is 2. The molecule has 3 aromatic carbocycles. The zero-order valence-electron chi connectivity index (χ0n) is 19.8. The van der Waals surface area contributed by atoms with Crippen LogP contribution in [0.2, 0.25) is 5.02 Å². The molecule has 188 valence electrons. The second kappa shape index (κ2) is 13.2. The summed E-state index contributed by atoms with van der Waals surface area (Å²) in [4.78, 5) is 19.2. The number of nitrogens with zero attached hydrogens (tertiary/aromatic N) is 2. The van der Waals surface area contributed by atoms with Crippen molar-refractivity contribution in [3.05, 3.63) is 77.3 Å². The average Bonchev–Trinajstić information content (AvgIpc) is 2.91. The number of hydrogen-bond acceptors (Lipinski definition) is 8. The third kappa shape index (κ3) is 6.80. The van der Waals surface area contributed by atoms with Crippen LogP contribution in [-0.2, 0) is 11.2 Å². The standard InChI is InChI=1S/C25H21ClFN3O4.CH5N/c1-32-23-14-22-19(25(29-15-28-22)30-17-4-7-21(27)20(26)12-17)13-24(23)34-11-10-33-18-5-2-16(3-6-18)8-9-31;1-2/h2-7,9,12-15H,8,10-11H2,1H3,(H,28,29,30);2H2,1H3. The highest BCUT2D eigenvalue weighted by Crippen LogP contribution is 2.35. The molecule has 0 bridgehead atoms. The highest BCUT2D eigenvalue weighted by molar-refractivity contribution is 6.31. The van der Waals surface area contributed by atoms with Crippen LogP contribution in [0.15, 0.2) is 60.9 Å². The van der Waals surface area contributed by atoms with Gasteiger partial charge in [0.1, 0.15) is 43.2 Å². The molecular weight excluding hydrogens is 487 g/mol. The Balaban J connectivity index is 0.00000176. The van der Waals surface area contributed by atoms with Gasteiger partial charge < -0.3 is 30.1 Å². The van der Waals surface area contributed by atoms with Crippen LogP contribution in [0, 0.1) is 5.82 Å². The molecule has 3 N–H and O–H groups in total. The number of hydrogen-bond donors (Lipinski definition) is 2. The zero-order chi connectivity index (χ0) is 25.9. The molecule has 0 spiro atoms. The summed E-state index contributed by atoms with van der Waals surface area (Å²) in [6, 6.07) is 15.2. The van der Waals surface area contributed by atoms with Gasteiger partial charge in [0, 0.05) is 23.6 Å². The molecule has 0 unspecified atom stereocenters. The number of nitrogens with one attached hydrogen (secondary N) is 1. The number of rotatable bonds is 10. The molecule has 0 aliphatic carbocycles. The van der Waals surface area contributed by atoms with Crippen molar-refractivity contribution >= 4 is 40.3 Å². The molecule has 4 aromatic rings. The summed E-state index contributed by atoms with van der Waals surface area (Å²) in [6.45, 7) is 0.570. The molecule has 0 atom stereocenters. The van der Waals surface area contributed by atoms with Crippen molar-refractivity contribution < 1.29 is 23.4 Å². The smallest absolute Gasteiger partial charge is 0.162 e. The van der Waals surface area contributed by atoms with E-state index in [0.717, 1.165) is 11.8 Å². The number of ether oxygens (including phenoxy) is 3. The lowest BCUT2D eigenvalue weighted by molar-refractivity contribution is -0.107. The SMILES string of the molecule is CN.COc1cc2ncnc(Nc3ccc(F)c(Cl)c3)c2cc1OCCOc1ccc(CC=O)cc1. The number of fused-ring (bicyclic) bond motifs is 1. The molecule has 0 aliphatic rings. The third-order valence-corrected chi connectivity index (χ3v) is 5.24. The van der Waals surface area contributed by atoms with Gasteiger partial charge in [-0.05, 0) is 49.0 Å². The van der Waals surface area contributed by atoms with Crippen molar-refractivity contribution in [3.63, 3.8) is 0 Å². The number of aromatic nitrogens is 2. The largest absolute Gasteiger partial charge is 0.493 e. The van der Waals surface area contributed by atoms with Gasteiger partial charge in [0.25, 0.3) is 0 Å². The van der Waals surface area contributed by atoms with Crippen molar-refractivity contribution in [2.45, 2.75) is 6.42 Å². The number of anilines is 2. The van der Waals surface area contributed by atoms with Gasteiger partial charge in [-0.3, -0.25) is 0 Å². The van der Waals surface area contributed by atoms with Gasteiger partial charge in [0.05, 0.1) is 17.6 Å². The minimum absolute atomic E-state index is 0.00688. The third-order valence-electron chi connectivity index (χ3n) is 4.96. The van der Waals surface area contributed by atoms with Crippen molar-refractivity contribution in [2.24, 2.45) is 5.73 Å². The predicted octanol–water partition coefficient (Wildman–Crippen LogP) is 4.95. The lowest BCUT2D eigenvalue weighted by atomic mass is 10.2. The summed E-state index contributed by atoms with van der Waals surface area (Å²) in [5.41, 5.74) is 6.65. The molecule has 0 amide bonds. The minimum Gasteiger partial charge on any atom is -0.493 e. The molecule has 36 heavy (non-hydrogen) atoms. The molecule has 1 heterocycles. The van der Waals surface area contributed by atoms with E-state index < -0.39 is 5.82 Å². The molecular formula is C26H26ClFN4O4. The van der Waals surface area contributed by atoms with Crippen LogP contribution >= 0.6 is 11.6 Å². The van der Waals surface area contributed by atoms with Gasteiger partial charge >= 0.3 is 0 Å². The Morgan fingerprint density at radius 3 is 2.44 bits per heavy atom. The summed E-state index contributed by atoms with van der Waals surface area (Å²) in [5.74, 6) is 1.70. The van der Waals surface area contributed by atoms with E-state index in [0.29, 0.717) is 52.7 Å². The van der Waals surface area contributed by atoms with E-state index in [2.05, 4.69) is 21.0 Å². The van der Waals surface area contributed by atoms with Gasteiger partial charge in [-0.1, -0.05) is 23.7 Å². The molecule has 0 aliphatic heterocycles. The number of methoxy groups -OCH3 is 1. The maximum Gasteiger partial charge on any atom is 0.162 e. The van der Waals surface area contributed by atoms with E-state index in [1.165, 1.54) is 25.5 Å². The summed E-state index contributed by atoms with van der Waals surface area (Å²) in [6.07, 6.45) is 2.66. The van der Waals surface area contributed by atoms with Crippen molar-refractivity contribution in [3.8, 4) is 17.2 Å². The second-order valence-electron chi connectivity index (χ2n) is 7.21. The van der Waals surface area contributed by atoms with Gasteiger partial charge in [-0.2, -0.15) is 0 Å². The maximum atomic E-state index is 13.5. The van der Waals surface area contributed by atoms with E-state index in [-0.39, 0.29) is 11.6 Å². The fourth-order valence-corrected chi connectivity index (χ4v) is 3.46. The summed E-state index contributed by atoms with van der Waals surface area (Å²) >= 11 is 5.89. The summed E-state index contributed by atoms with van der Waals surface area (Å²) < 4.78 is 30.6. The van der Waals surface area contributed by atoms with Crippen molar-refractivity contribution in [1.29, 1.82) is 0 Å². The second-order valence-corrected chi connectivity index (χ2v) is 7.62. The first-order valence-corrected chi connectivity index (χ1v) is 11.4. The molecule has 1 aromatic heterocycles. The van der Waals surface area contributed by atoms with E-state index in [1.54, 1.807) is 25.3 Å². The number of benzene rings is 3. The van der Waals surface area contributed by atoms with Crippen LogP contribution in [-0.4, -0.2) is 43.6 Å². The average molecular weight is 513 g/mol. The highest BCUT2D eigenvalue weighted by atomic mass is 35.5. The van der Waals surface area contributed by atoms with Gasteiger partial charge in [0.15, 0.2) is 11.5 Å². The van der Waals surface area contributed by atoms with Crippen LogP contribution in [0.25, 0.3) is 10.9 Å². The Hall–Kier alpha value is -3.95.